The molecule has 1 amide bonds. The summed E-state index contributed by atoms with van der Waals surface area (Å²) in [4.78, 5) is 12.3. The van der Waals surface area contributed by atoms with Crippen molar-refractivity contribution in [2.75, 3.05) is 5.32 Å². The van der Waals surface area contributed by atoms with Crippen molar-refractivity contribution >= 4 is 63.7 Å². The van der Waals surface area contributed by atoms with Gasteiger partial charge in [-0.2, -0.15) is 0 Å². The molecule has 0 aliphatic heterocycles. The van der Waals surface area contributed by atoms with E-state index in [0.29, 0.717) is 15.8 Å². The summed E-state index contributed by atoms with van der Waals surface area (Å²) < 4.78 is 5.55. The molecule has 0 aliphatic carbocycles. The van der Waals surface area contributed by atoms with E-state index in [1.54, 1.807) is 30.3 Å². The Balaban J connectivity index is 1.69. The molecule has 3 rings (SSSR count). The molecule has 2 aromatic carbocycles. The van der Waals surface area contributed by atoms with E-state index in [4.69, 9.17) is 51.4 Å². The molecule has 3 N–H and O–H groups in total. The second kappa shape index (κ2) is 8.19. The van der Waals surface area contributed by atoms with Crippen LogP contribution in [0.1, 0.15) is 10.6 Å². The first-order chi connectivity index (χ1) is 12.8. The van der Waals surface area contributed by atoms with Crippen molar-refractivity contribution in [3.05, 3.63) is 69.4 Å². The van der Waals surface area contributed by atoms with Crippen molar-refractivity contribution in [1.29, 1.82) is 0 Å². The maximum absolute atomic E-state index is 12.3. The summed E-state index contributed by atoms with van der Waals surface area (Å²) in [5.74, 6) is -0.214. The molecule has 0 saturated carbocycles. The second-order valence-electron chi connectivity index (χ2n) is 5.36. The summed E-state index contributed by atoms with van der Waals surface area (Å²) in [6, 6.07) is 13.0. The largest absolute Gasteiger partial charge is 0.504 e. The zero-order valence-electron chi connectivity index (χ0n) is 13.4. The van der Waals surface area contributed by atoms with Crippen LogP contribution in [-0.4, -0.2) is 16.1 Å². The summed E-state index contributed by atoms with van der Waals surface area (Å²) in [5, 5.41) is 15.9. The molecular weight excluding hydrogens is 431 g/mol. The number of phenols is 1. The van der Waals surface area contributed by atoms with Crippen molar-refractivity contribution in [3.63, 3.8) is 0 Å². The van der Waals surface area contributed by atoms with Gasteiger partial charge in [0.15, 0.2) is 16.6 Å². The van der Waals surface area contributed by atoms with Gasteiger partial charge in [-0.05, 0) is 60.7 Å². The summed E-state index contributed by atoms with van der Waals surface area (Å²) in [6.45, 7) is 0. The summed E-state index contributed by atoms with van der Waals surface area (Å²) in [5.41, 5.74) is 0.941. The third-order valence-corrected chi connectivity index (χ3v) is 4.42. The number of aromatic hydroxyl groups is 1. The number of anilines is 1. The van der Waals surface area contributed by atoms with Gasteiger partial charge in [0.2, 0.25) is 0 Å². The van der Waals surface area contributed by atoms with Crippen LogP contribution in [0.15, 0.2) is 52.9 Å². The number of amides is 1. The fourth-order valence-electron chi connectivity index (χ4n) is 2.21. The topological polar surface area (TPSA) is 74.5 Å². The molecule has 0 spiro atoms. The van der Waals surface area contributed by atoms with Gasteiger partial charge in [0.05, 0.1) is 10.7 Å². The maximum atomic E-state index is 12.3. The van der Waals surface area contributed by atoms with E-state index in [1.165, 1.54) is 18.2 Å². The van der Waals surface area contributed by atoms with E-state index in [9.17, 15) is 9.90 Å². The van der Waals surface area contributed by atoms with E-state index < -0.39 is 5.91 Å². The molecular formula is C18H11Cl3N2O3S. The molecule has 1 heterocycles. The maximum Gasteiger partial charge on any atom is 0.293 e. The Morgan fingerprint density at radius 2 is 1.70 bits per heavy atom. The SMILES string of the molecule is O=C(NC(=S)Nc1cc(Cl)cc(Cl)c1O)c1ccc(-c2ccc(Cl)cc2)o1. The molecule has 0 saturated heterocycles. The molecule has 0 fully saturated rings. The zero-order chi connectivity index (χ0) is 19.6. The normalized spacial score (nSPS) is 10.5. The lowest BCUT2D eigenvalue weighted by atomic mass is 10.2. The number of hydrogen-bond acceptors (Lipinski definition) is 4. The van der Waals surface area contributed by atoms with Gasteiger partial charge < -0.3 is 14.8 Å². The van der Waals surface area contributed by atoms with Crippen molar-refractivity contribution in [2.45, 2.75) is 0 Å². The van der Waals surface area contributed by atoms with Crippen LogP contribution in [0.3, 0.4) is 0 Å². The van der Waals surface area contributed by atoms with Gasteiger partial charge in [0, 0.05) is 15.6 Å². The van der Waals surface area contributed by atoms with Crippen LogP contribution in [0.2, 0.25) is 15.1 Å². The highest BCUT2D eigenvalue weighted by atomic mass is 35.5. The lowest BCUT2D eigenvalue weighted by Gasteiger charge is -2.11. The Bertz CT molecular complexity index is 1020. The molecule has 0 radical (unpaired) electrons. The molecule has 5 nitrogen and oxygen atoms in total. The number of furan rings is 1. The molecule has 3 aromatic rings. The molecule has 0 bridgehead atoms. The van der Waals surface area contributed by atoms with Gasteiger partial charge in [-0.3, -0.25) is 10.1 Å². The molecule has 0 atom stereocenters. The third-order valence-electron chi connectivity index (χ3n) is 3.46. The predicted octanol–water partition coefficient (Wildman–Crippen LogP) is 5.74. The van der Waals surface area contributed by atoms with E-state index in [1.807, 2.05) is 0 Å². The fraction of sp³-hybridized carbons (Fsp3) is 0. The first-order valence-corrected chi connectivity index (χ1v) is 9.04. The van der Waals surface area contributed by atoms with Crippen LogP contribution in [0.5, 0.6) is 5.75 Å². The number of thiocarbonyl (C=S) groups is 1. The Labute approximate surface area is 174 Å². The van der Waals surface area contributed by atoms with Gasteiger partial charge in [-0.15, -0.1) is 0 Å². The number of hydrogen-bond donors (Lipinski definition) is 3. The highest BCUT2D eigenvalue weighted by Gasteiger charge is 2.15. The van der Waals surface area contributed by atoms with E-state index in [-0.39, 0.29) is 27.3 Å². The molecule has 0 unspecified atom stereocenters. The standard InChI is InChI=1S/C18H11Cl3N2O3S/c19-10-3-1-9(2-4-10)14-5-6-15(26-14)17(25)23-18(27)22-13-8-11(20)7-12(21)16(13)24/h1-8,24H,(H2,22,23,25,27). The summed E-state index contributed by atoms with van der Waals surface area (Å²) in [6.07, 6.45) is 0. The number of carbonyl (C=O) groups is 1. The van der Waals surface area contributed by atoms with Crippen molar-refractivity contribution < 1.29 is 14.3 Å². The van der Waals surface area contributed by atoms with E-state index >= 15 is 0 Å². The minimum Gasteiger partial charge on any atom is -0.504 e. The highest BCUT2D eigenvalue weighted by Crippen LogP contribution is 2.35. The van der Waals surface area contributed by atoms with Crippen molar-refractivity contribution in [1.82, 2.24) is 5.32 Å². The number of carbonyl (C=O) groups excluding carboxylic acids is 1. The predicted molar refractivity (Wildman–Crippen MR) is 111 cm³/mol. The molecule has 0 aliphatic rings. The van der Waals surface area contributed by atoms with E-state index in [2.05, 4.69) is 10.6 Å². The summed E-state index contributed by atoms with van der Waals surface area (Å²) in [7, 11) is 0. The zero-order valence-corrected chi connectivity index (χ0v) is 16.5. The second-order valence-corrected chi connectivity index (χ2v) is 7.05. The Morgan fingerprint density at radius 1 is 1.00 bits per heavy atom. The molecule has 1 aromatic heterocycles. The lowest BCUT2D eigenvalue weighted by molar-refractivity contribution is 0.0951. The monoisotopic (exact) mass is 440 g/mol. The van der Waals surface area contributed by atoms with Crippen LogP contribution < -0.4 is 10.6 Å². The fourth-order valence-corrected chi connectivity index (χ4v) is 3.03. The molecule has 138 valence electrons. The van der Waals surface area contributed by atoms with Crippen LogP contribution in [-0.2, 0) is 0 Å². The molecule has 27 heavy (non-hydrogen) atoms. The smallest absolute Gasteiger partial charge is 0.293 e. The van der Waals surface area contributed by atoms with Crippen LogP contribution >= 0.6 is 47.0 Å². The Hall–Kier alpha value is -2.25. The number of benzene rings is 2. The number of rotatable bonds is 3. The minimum absolute atomic E-state index is 0.0535. The lowest BCUT2D eigenvalue weighted by Crippen LogP contribution is -2.33. The number of phenolic OH excluding ortho intramolecular Hbond substituents is 1. The Morgan fingerprint density at radius 3 is 2.41 bits per heavy atom. The third kappa shape index (κ3) is 4.73. The van der Waals surface area contributed by atoms with Crippen LogP contribution in [0, 0.1) is 0 Å². The average Bonchev–Trinajstić information content (AvgIpc) is 3.10. The van der Waals surface area contributed by atoms with Gasteiger partial charge in [-0.1, -0.05) is 34.8 Å². The first-order valence-electron chi connectivity index (χ1n) is 7.49. The van der Waals surface area contributed by atoms with Gasteiger partial charge >= 0.3 is 0 Å². The average molecular weight is 442 g/mol. The number of nitrogens with one attached hydrogen (secondary N) is 2. The van der Waals surface area contributed by atoms with Crippen LogP contribution in [0.4, 0.5) is 5.69 Å². The molecule has 9 heteroatoms. The van der Waals surface area contributed by atoms with Gasteiger partial charge in [-0.25, -0.2) is 0 Å². The minimum atomic E-state index is -0.555. The van der Waals surface area contributed by atoms with Crippen LogP contribution in [0.25, 0.3) is 11.3 Å². The number of halogens is 3. The van der Waals surface area contributed by atoms with Crippen molar-refractivity contribution in [3.8, 4) is 17.1 Å². The van der Waals surface area contributed by atoms with Gasteiger partial charge in [0.1, 0.15) is 5.76 Å². The highest BCUT2D eigenvalue weighted by molar-refractivity contribution is 7.80. The first kappa shape index (κ1) is 19.5. The van der Waals surface area contributed by atoms with Crippen molar-refractivity contribution in [2.24, 2.45) is 0 Å². The van der Waals surface area contributed by atoms with E-state index in [0.717, 1.165) is 5.56 Å². The summed E-state index contributed by atoms with van der Waals surface area (Å²) >= 11 is 22.7. The Kier molecular flexibility index (Phi) is 5.92. The quantitative estimate of drug-likeness (QED) is 0.357. The van der Waals surface area contributed by atoms with Gasteiger partial charge in [0.25, 0.3) is 5.91 Å².